The number of hydrogen-bond donors (Lipinski definition) is 1. The highest BCUT2D eigenvalue weighted by molar-refractivity contribution is 5.80. The van der Waals surface area contributed by atoms with Crippen molar-refractivity contribution in [2.45, 2.75) is 38.8 Å². The summed E-state index contributed by atoms with van der Waals surface area (Å²) in [4.78, 5) is 12.3. The van der Waals surface area contributed by atoms with Gasteiger partial charge in [-0.3, -0.25) is 4.79 Å². The van der Waals surface area contributed by atoms with E-state index in [9.17, 15) is 4.79 Å². The van der Waals surface area contributed by atoms with Gasteiger partial charge in [0.05, 0.1) is 25.9 Å². The lowest BCUT2D eigenvalue weighted by Gasteiger charge is -2.21. The van der Waals surface area contributed by atoms with E-state index in [0.29, 0.717) is 26.4 Å². The molecule has 0 unspecified atom stereocenters. The summed E-state index contributed by atoms with van der Waals surface area (Å²) in [5.74, 6) is 0.758. The molecule has 1 aliphatic heterocycles. The minimum Gasteiger partial charge on any atom is -0.493 e. The SMILES string of the molecule is CCOCCO[C@@H](C)C(=O)N[C@@H]1CCCOc2ccccc21. The lowest BCUT2D eigenvalue weighted by Crippen LogP contribution is -2.37. The molecule has 0 spiro atoms. The number of fused-ring (bicyclic) bond motifs is 1. The van der Waals surface area contributed by atoms with Gasteiger partial charge in [0.1, 0.15) is 11.9 Å². The molecule has 5 heteroatoms. The summed E-state index contributed by atoms with van der Waals surface area (Å²) >= 11 is 0. The first kappa shape index (κ1) is 16.8. The molecule has 1 heterocycles. The fraction of sp³-hybridized carbons (Fsp3) is 0.588. The maximum Gasteiger partial charge on any atom is 0.249 e. The standard InChI is InChI=1S/C17H25NO4/c1-3-20-11-12-21-13(2)17(19)18-15-8-6-10-22-16-9-5-4-7-14(15)16/h4-5,7,9,13,15H,3,6,8,10-12H2,1-2H3,(H,18,19)/t13-,15+/m0/s1. The molecule has 122 valence electrons. The summed E-state index contributed by atoms with van der Waals surface area (Å²) < 4.78 is 16.4. The Labute approximate surface area is 131 Å². The third-order valence-corrected chi connectivity index (χ3v) is 3.67. The number of carbonyl (C=O) groups is 1. The van der Waals surface area contributed by atoms with E-state index in [-0.39, 0.29) is 11.9 Å². The fourth-order valence-electron chi connectivity index (χ4n) is 2.47. The van der Waals surface area contributed by atoms with Crippen LogP contribution in [0.25, 0.3) is 0 Å². The van der Waals surface area contributed by atoms with E-state index >= 15 is 0 Å². The molecule has 1 aliphatic rings. The van der Waals surface area contributed by atoms with Gasteiger partial charge in [-0.25, -0.2) is 0 Å². The van der Waals surface area contributed by atoms with E-state index in [4.69, 9.17) is 14.2 Å². The Hall–Kier alpha value is -1.59. The van der Waals surface area contributed by atoms with Crippen molar-refractivity contribution in [1.29, 1.82) is 0 Å². The number of benzene rings is 1. The first-order valence-electron chi connectivity index (χ1n) is 7.93. The number of para-hydroxylation sites is 1. The Morgan fingerprint density at radius 1 is 1.41 bits per heavy atom. The molecular formula is C17H25NO4. The van der Waals surface area contributed by atoms with Crippen molar-refractivity contribution in [3.05, 3.63) is 29.8 Å². The minimum absolute atomic E-state index is 0.0239. The van der Waals surface area contributed by atoms with E-state index in [2.05, 4.69) is 5.32 Å². The van der Waals surface area contributed by atoms with Crippen molar-refractivity contribution in [1.82, 2.24) is 5.32 Å². The number of ether oxygens (including phenoxy) is 3. The summed E-state index contributed by atoms with van der Waals surface area (Å²) in [5.41, 5.74) is 1.04. The zero-order valence-electron chi connectivity index (χ0n) is 13.3. The second-order valence-electron chi connectivity index (χ2n) is 5.30. The molecule has 1 N–H and O–H groups in total. The smallest absolute Gasteiger partial charge is 0.249 e. The lowest BCUT2D eigenvalue weighted by atomic mass is 10.0. The molecule has 0 aromatic heterocycles. The van der Waals surface area contributed by atoms with E-state index in [1.165, 1.54) is 0 Å². The van der Waals surface area contributed by atoms with E-state index in [1.807, 2.05) is 31.2 Å². The minimum atomic E-state index is -0.489. The van der Waals surface area contributed by atoms with E-state index in [0.717, 1.165) is 24.2 Å². The summed E-state index contributed by atoms with van der Waals surface area (Å²) in [6, 6.07) is 7.84. The molecule has 1 aromatic carbocycles. The zero-order chi connectivity index (χ0) is 15.8. The molecule has 0 radical (unpaired) electrons. The van der Waals surface area contributed by atoms with Gasteiger partial charge >= 0.3 is 0 Å². The fourth-order valence-corrected chi connectivity index (χ4v) is 2.47. The maximum absolute atomic E-state index is 12.3. The maximum atomic E-state index is 12.3. The Morgan fingerprint density at radius 2 is 2.23 bits per heavy atom. The molecule has 22 heavy (non-hydrogen) atoms. The van der Waals surface area contributed by atoms with Crippen LogP contribution in [0.15, 0.2) is 24.3 Å². The first-order valence-corrected chi connectivity index (χ1v) is 7.93. The van der Waals surface area contributed by atoms with E-state index < -0.39 is 6.10 Å². The zero-order valence-corrected chi connectivity index (χ0v) is 13.3. The van der Waals surface area contributed by atoms with Gasteiger partial charge in [-0.15, -0.1) is 0 Å². The van der Waals surface area contributed by atoms with Crippen LogP contribution in [0.1, 0.15) is 38.3 Å². The Morgan fingerprint density at radius 3 is 3.05 bits per heavy atom. The molecule has 5 nitrogen and oxygen atoms in total. The number of hydrogen-bond acceptors (Lipinski definition) is 4. The van der Waals surface area contributed by atoms with Crippen LogP contribution in [0.4, 0.5) is 0 Å². The average Bonchev–Trinajstić information content (AvgIpc) is 2.74. The number of rotatable bonds is 7. The van der Waals surface area contributed by atoms with Gasteiger partial charge in [0.2, 0.25) is 5.91 Å². The van der Waals surface area contributed by atoms with Crippen LogP contribution in [0.5, 0.6) is 5.75 Å². The quantitative estimate of drug-likeness (QED) is 0.786. The predicted molar refractivity (Wildman–Crippen MR) is 84.0 cm³/mol. The third-order valence-electron chi connectivity index (χ3n) is 3.67. The van der Waals surface area contributed by atoms with Crippen LogP contribution in [0.2, 0.25) is 0 Å². The third kappa shape index (κ3) is 4.71. The summed E-state index contributed by atoms with van der Waals surface area (Å²) in [5, 5.41) is 3.07. The summed E-state index contributed by atoms with van der Waals surface area (Å²) in [7, 11) is 0. The number of nitrogens with one attached hydrogen (secondary N) is 1. The Kier molecular flexibility index (Phi) is 6.68. The average molecular weight is 307 g/mol. The Balaban J connectivity index is 1.90. The van der Waals surface area contributed by atoms with Gasteiger partial charge in [0.25, 0.3) is 0 Å². The van der Waals surface area contributed by atoms with Gasteiger partial charge in [0, 0.05) is 12.2 Å². The van der Waals surface area contributed by atoms with E-state index in [1.54, 1.807) is 6.92 Å². The lowest BCUT2D eigenvalue weighted by molar-refractivity contribution is -0.133. The second kappa shape index (κ2) is 8.76. The van der Waals surface area contributed by atoms with Crippen LogP contribution in [0.3, 0.4) is 0 Å². The summed E-state index contributed by atoms with van der Waals surface area (Å²) in [6.45, 7) is 5.97. The first-order chi connectivity index (χ1) is 10.7. The van der Waals surface area contributed by atoms with Gasteiger partial charge in [-0.1, -0.05) is 18.2 Å². The Bertz CT molecular complexity index is 477. The molecule has 1 amide bonds. The normalized spacial score (nSPS) is 18.7. The van der Waals surface area contributed by atoms with Crippen molar-refractivity contribution in [3.8, 4) is 5.75 Å². The second-order valence-corrected chi connectivity index (χ2v) is 5.30. The molecule has 0 fully saturated rings. The highest BCUT2D eigenvalue weighted by Gasteiger charge is 2.23. The van der Waals surface area contributed by atoms with Crippen LogP contribution in [0, 0.1) is 0 Å². The topological polar surface area (TPSA) is 56.8 Å². The predicted octanol–water partition coefficient (Wildman–Crippen LogP) is 2.46. The molecule has 0 saturated carbocycles. The molecular weight excluding hydrogens is 282 g/mol. The monoisotopic (exact) mass is 307 g/mol. The van der Waals surface area contributed by atoms with Crippen molar-refractivity contribution in [2.24, 2.45) is 0 Å². The molecule has 2 rings (SSSR count). The van der Waals surface area contributed by atoms with Crippen molar-refractivity contribution >= 4 is 5.91 Å². The van der Waals surface area contributed by atoms with Crippen LogP contribution >= 0.6 is 0 Å². The van der Waals surface area contributed by atoms with Gasteiger partial charge < -0.3 is 19.5 Å². The highest BCUT2D eigenvalue weighted by Crippen LogP contribution is 2.31. The molecule has 2 atom stereocenters. The molecule has 0 saturated heterocycles. The summed E-state index contributed by atoms with van der Waals surface area (Å²) in [6.07, 6.45) is 1.30. The van der Waals surface area contributed by atoms with Crippen LogP contribution < -0.4 is 10.1 Å². The van der Waals surface area contributed by atoms with Crippen LogP contribution in [-0.2, 0) is 14.3 Å². The molecule has 0 bridgehead atoms. The van der Waals surface area contributed by atoms with Gasteiger partial charge in [-0.2, -0.15) is 0 Å². The van der Waals surface area contributed by atoms with Crippen molar-refractivity contribution < 1.29 is 19.0 Å². The van der Waals surface area contributed by atoms with Crippen molar-refractivity contribution in [2.75, 3.05) is 26.4 Å². The van der Waals surface area contributed by atoms with Gasteiger partial charge in [-0.05, 0) is 32.8 Å². The highest BCUT2D eigenvalue weighted by atomic mass is 16.5. The number of amides is 1. The van der Waals surface area contributed by atoms with Crippen LogP contribution in [-0.4, -0.2) is 38.4 Å². The van der Waals surface area contributed by atoms with Gasteiger partial charge in [0.15, 0.2) is 0 Å². The molecule has 1 aromatic rings. The van der Waals surface area contributed by atoms with Crippen molar-refractivity contribution in [3.63, 3.8) is 0 Å². The number of carbonyl (C=O) groups excluding carboxylic acids is 1. The molecule has 0 aliphatic carbocycles. The largest absolute Gasteiger partial charge is 0.493 e.